The molecule has 0 unspecified atom stereocenters. The molecule has 2 heterocycles. The Morgan fingerprint density at radius 1 is 1.18 bits per heavy atom. The van der Waals surface area contributed by atoms with E-state index in [-0.39, 0.29) is 24.1 Å². The second-order valence-corrected chi connectivity index (χ2v) is 5.05. The van der Waals surface area contributed by atoms with Crippen LogP contribution in [-0.2, 0) is 18.9 Å². The van der Waals surface area contributed by atoms with E-state index in [9.17, 15) is 9.59 Å². The van der Waals surface area contributed by atoms with Gasteiger partial charge in [-0.1, -0.05) is 0 Å². The summed E-state index contributed by atoms with van der Waals surface area (Å²) in [5.41, 5.74) is 0.373. The molecule has 3 atom stereocenters. The molecule has 2 fully saturated rings. The van der Waals surface area contributed by atoms with E-state index < -0.39 is 12.1 Å². The van der Waals surface area contributed by atoms with Crippen LogP contribution in [0.1, 0.15) is 16.8 Å². The molecule has 118 valence electrons. The van der Waals surface area contributed by atoms with E-state index >= 15 is 0 Å². The van der Waals surface area contributed by atoms with Gasteiger partial charge in [-0.2, -0.15) is 0 Å². The standard InChI is InChI=1S/C15H16O7/c1-18-13(16)9-2-4-10(5-3-9)21-15(17)22-12-8-20-14-11(12)6-7-19-14/h2-5,11-12,14H,6-8H2,1H3/t11-,12-,14+/m0/s1. The Balaban J connectivity index is 1.54. The molecule has 0 N–H and O–H groups in total. The number of carbonyl (C=O) groups is 2. The zero-order chi connectivity index (χ0) is 15.5. The third kappa shape index (κ3) is 3.05. The van der Waals surface area contributed by atoms with Crippen molar-refractivity contribution < 1.29 is 33.3 Å². The normalized spacial score (nSPS) is 26.3. The smallest absolute Gasteiger partial charge is 0.465 e. The summed E-state index contributed by atoms with van der Waals surface area (Å²) in [6.07, 6.45) is -0.630. The van der Waals surface area contributed by atoms with E-state index in [1.54, 1.807) is 0 Å². The van der Waals surface area contributed by atoms with Crippen molar-refractivity contribution in [3.05, 3.63) is 29.8 Å². The van der Waals surface area contributed by atoms with Gasteiger partial charge in [-0.25, -0.2) is 9.59 Å². The first-order valence-electron chi connectivity index (χ1n) is 6.97. The highest BCUT2D eigenvalue weighted by atomic mass is 16.8. The summed E-state index contributed by atoms with van der Waals surface area (Å²) in [6.45, 7) is 0.922. The molecule has 2 aliphatic heterocycles. The first-order chi connectivity index (χ1) is 10.7. The first-order valence-corrected chi connectivity index (χ1v) is 6.97. The highest BCUT2D eigenvalue weighted by Gasteiger charge is 2.44. The number of ether oxygens (including phenoxy) is 5. The number of esters is 1. The Morgan fingerprint density at radius 2 is 1.95 bits per heavy atom. The van der Waals surface area contributed by atoms with Crippen molar-refractivity contribution in [2.45, 2.75) is 18.8 Å². The van der Waals surface area contributed by atoms with Gasteiger partial charge in [-0.15, -0.1) is 0 Å². The van der Waals surface area contributed by atoms with E-state index in [0.717, 1.165) is 6.42 Å². The Hall–Kier alpha value is -2.12. The fraction of sp³-hybridized carbons (Fsp3) is 0.467. The zero-order valence-corrected chi connectivity index (χ0v) is 12.0. The molecule has 0 radical (unpaired) electrons. The van der Waals surface area contributed by atoms with E-state index in [4.69, 9.17) is 18.9 Å². The van der Waals surface area contributed by atoms with Crippen molar-refractivity contribution in [2.75, 3.05) is 20.3 Å². The van der Waals surface area contributed by atoms with E-state index in [1.807, 2.05) is 0 Å². The molecule has 0 aliphatic carbocycles. The number of methoxy groups -OCH3 is 1. The van der Waals surface area contributed by atoms with Gasteiger partial charge in [0.1, 0.15) is 11.9 Å². The van der Waals surface area contributed by atoms with Gasteiger partial charge in [0.25, 0.3) is 0 Å². The Bertz CT molecular complexity index is 554. The fourth-order valence-corrected chi connectivity index (χ4v) is 2.57. The average Bonchev–Trinajstić information content (AvgIpc) is 3.12. The summed E-state index contributed by atoms with van der Waals surface area (Å²) in [5, 5.41) is 0. The minimum atomic E-state index is -0.799. The summed E-state index contributed by atoms with van der Waals surface area (Å²) < 4.78 is 25.7. The highest BCUT2D eigenvalue weighted by molar-refractivity contribution is 5.89. The molecule has 1 aromatic carbocycles. The Morgan fingerprint density at radius 3 is 2.68 bits per heavy atom. The van der Waals surface area contributed by atoms with Crippen LogP contribution in [0.2, 0.25) is 0 Å². The molecule has 22 heavy (non-hydrogen) atoms. The van der Waals surface area contributed by atoms with Gasteiger partial charge in [0.2, 0.25) is 0 Å². The number of carbonyl (C=O) groups excluding carboxylic acids is 2. The van der Waals surface area contributed by atoms with Gasteiger partial charge in [-0.3, -0.25) is 0 Å². The lowest BCUT2D eigenvalue weighted by Crippen LogP contribution is -2.27. The Labute approximate surface area is 127 Å². The summed E-state index contributed by atoms with van der Waals surface area (Å²) >= 11 is 0. The van der Waals surface area contributed by atoms with Crippen LogP contribution in [0.3, 0.4) is 0 Å². The van der Waals surface area contributed by atoms with Crippen molar-refractivity contribution >= 4 is 12.1 Å². The second-order valence-electron chi connectivity index (χ2n) is 5.05. The van der Waals surface area contributed by atoms with Crippen LogP contribution in [0.25, 0.3) is 0 Å². The van der Waals surface area contributed by atoms with Crippen molar-refractivity contribution in [3.8, 4) is 5.75 Å². The molecule has 2 aliphatic rings. The van der Waals surface area contributed by atoms with Gasteiger partial charge in [0.15, 0.2) is 6.29 Å². The topological polar surface area (TPSA) is 80.3 Å². The Kier molecular flexibility index (Phi) is 4.26. The fourth-order valence-electron chi connectivity index (χ4n) is 2.57. The van der Waals surface area contributed by atoms with Crippen molar-refractivity contribution in [1.29, 1.82) is 0 Å². The van der Waals surface area contributed by atoms with Crippen LogP contribution in [0.5, 0.6) is 5.75 Å². The molecule has 0 amide bonds. The molecule has 0 spiro atoms. The maximum absolute atomic E-state index is 11.8. The number of hydrogen-bond acceptors (Lipinski definition) is 7. The number of hydrogen-bond donors (Lipinski definition) is 0. The summed E-state index contributed by atoms with van der Waals surface area (Å²) in [6, 6.07) is 6.02. The first kappa shape index (κ1) is 14.8. The van der Waals surface area contributed by atoms with Crippen molar-refractivity contribution in [1.82, 2.24) is 0 Å². The SMILES string of the molecule is COC(=O)c1ccc(OC(=O)O[C@H]2CO[C@H]3OCC[C@H]32)cc1. The molecular formula is C15H16O7. The maximum Gasteiger partial charge on any atom is 0.514 e. The predicted molar refractivity (Wildman–Crippen MR) is 72.5 cm³/mol. The highest BCUT2D eigenvalue weighted by Crippen LogP contribution is 2.33. The molecule has 2 saturated heterocycles. The van der Waals surface area contributed by atoms with Crippen LogP contribution < -0.4 is 4.74 Å². The van der Waals surface area contributed by atoms with Crippen LogP contribution in [0.15, 0.2) is 24.3 Å². The van der Waals surface area contributed by atoms with Gasteiger partial charge in [-0.05, 0) is 30.7 Å². The molecule has 7 heteroatoms. The van der Waals surface area contributed by atoms with Gasteiger partial charge in [0.05, 0.1) is 31.8 Å². The van der Waals surface area contributed by atoms with Gasteiger partial charge >= 0.3 is 12.1 Å². The van der Waals surface area contributed by atoms with Gasteiger partial charge < -0.3 is 23.7 Å². The predicted octanol–water partition coefficient (Wildman–Crippen LogP) is 1.75. The monoisotopic (exact) mass is 308 g/mol. The number of fused-ring (bicyclic) bond motifs is 1. The summed E-state index contributed by atoms with van der Waals surface area (Å²) in [4.78, 5) is 23.1. The molecule has 0 saturated carbocycles. The molecule has 0 bridgehead atoms. The van der Waals surface area contributed by atoms with Crippen LogP contribution in [0, 0.1) is 5.92 Å². The second kappa shape index (κ2) is 6.33. The summed E-state index contributed by atoms with van der Waals surface area (Å²) in [7, 11) is 1.30. The van der Waals surface area contributed by atoms with Gasteiger partial charge in [0, 0.05) is 0 Å². The summed E-state index contributed by atoms with van der Waals surface area (Å²) in [5.74, 6) is -0.102. The largest absolute Gasteiger partial charge is 0.514 e. The third-order valence-electron chi connectivity index (χ3n) is 3.71. The van der Waals surface area contributed by atoms with Crippen LogP contribution >= 0.6 is 0 Å². The van der Waals surface area contributed by atoms with E-state index in [0.29, 0.717) is 18.8 Å². The molecule has 3 rings (SSSR count). The minimum absolute atomic E-state index is 0.0641. The molecule has 1 aromatic rings. The van der Waals surface area contributed by atoms with Crippen LogP contribution in [0.4, 0.5) is 4.79 Å². The lowest BCUT2D eigenvalue weighted by Gasteiger charge is -2.15. The molecule has 0 aromatic heterocycles. The van der Waals surface area contributed by atoms with Crippen molar-refractivity contribution in [3.63, 3.8) is 0 Å². The van der Waals surface area contributed by atoms with E-state index in [2.05, 4.69) is 4.74 Å². The minimum Gasteiger partial charge on any atom is -0.465 e. The number of rotatable bonds is 3. The number of benzene rings is 1. The zero-order valence-electron chi connectivity index (χ0n) is 12.0. The molecular weight excluding hydrogens is 292 g/mol. The lowest BCUT2D eigenvalue weighted by atomic mass is 10.0. The van der Waals surface area contributed by atoms with Crippen LogP contribution in [-0.4, -0.2) is 44.8 Å². The third-order valence-corrected chi connectivity index (χ3v) is 3.71. The lowest BCUT2D eigenvalue weighted by molar-refractivity contribution is -0.0907. The maximum atomic E-state index is 11.8. The molecule has 7 nitrogen and oxygen atoms in total. The average molecular weight is 308 g/mol. The quantitative estimate of drug-likeness (QED) is 0.621. The van der Waals surface area contributed by atoms with E-state index in [1.165, 1.54) is 31.4 Å². The van der Waals surface area contributed by atoms with Crippen molar-refractivity contribution in [2.24, 2.45) is 5.92 Å².